The standard InChI is InChI=1S/C18H17FN2O6/c1-11(2)27-18(23)12-3-6-14(7-4-12)20-17(22)10-26-16-9-13(19)5-8-15(16)21(24)25/h3-9,11H,10H2,1-2H3,(H,20,22). The van der Waals surface area contributed by atoms with E-state index < -0.39 is 34.9 Å². The molecule has 2 aromatic rings. The summed E-state index contributed by atoms with van der Waals surface area (Å²) in [4.78, 5) is 33.8. The summed E-state index contributed by atoms with van der Waals surface area (Å²) in [5.41, 5.74) is 0.268. The lowest BCUT2D eigenvalue weighted by molar-refractivity contribution is -0.385. The Balaban J connectivity index is 1.96. The van der Waals surface area contributed by atoms with Gasteiger partial charge in [-0.15, -0.1) is 0 Å². The van der Waals surface area contributed by atoms with Gasteiger partial charge in [-0.05, 0) is 44.2 Å². The molecule has 0 heterocycles. The Morgan fingerprint density at radius 2 is 1.85 bits per heavy atom. The fourth-order valence-electron chi connectivity index (χ4n) is 2.07. The van der Waals surface area contributed by atoms with Crippen LogP contribution in [0.5, 0.6) is 5.75 Å². The summed E-state index contributed by atoms with van der Waals surface area (Å²) in [6, 6.07) is 8.69. The van der Waals surface area contributed by atoms with Crippen LogP contribution in [0.25, 0.3) is 0 Å². The fraction of sp³-hybridized carbons (Fsp3) is 0.222. The number of amides is 1. The second-order valence-electron chi connectivity index (χ2n) is 5.74. The number of nitro benzene ring substituents is 1. The van der Waals surface area contributed by atoms with E-state index in [0.717, 1.165) is 18.2 Å². The second kappa shape index (κ2) is 8.75. The van der Waals surface area contributed by atoms with Gasteiger partial charge in [0.15, 0.2) is 6.61 Å². The highest BCUT2D eigenvalue weighted by atomic mass is 19.1. The largest absolute Gasteiger partial charge is 0.477 e. The Kier molecular flexibility index (Phi) is 6.42. The molecule has 0 spiro atoms. The van der Waals surface area contributed by atoms with Crippen molar-refractivity contribution in [2.75, 3.05) is 11.9 Å². The van der Waals surface area contributed by atoms with Crippen LogP contribution in [0, 0.1) is 15.9 Å². The Labute approximate surface area is 154 Å². The summed E-state index contributed by atoms with van der Waals surface area (Å²) in [5.74, 6) is -2.16. The number of esters is 1. The van der Waals surface area contributed by atoms with Crippen molar-refractivity contribution < 1.29 is 28.4 Å². The molecule has 1 N–H and O–H groups in total. The minimum absolute atomic E-state index is 0.249. The lowest BCUT2D eigenvalue weighted by atomic mass is 10.2. The Hall–Kier alpha value is -3.49. The first kappa shape index (κ1) is 19.8. The van der Waals surface area contributed by atoms with Gasteiger partial charge in [0.1, 0.15) is 5.82 Å². The number of hydrogen-bond donors (Lipinski definition) is 1. The number of halogens is 1. The molecule has 2 aromatic carbocycles. The van der Waals surface area contributed by atoms with Crippen molar-refractivity contribution in [1.29, 1.82) is 0 Å². The zero-order chi connectivity index (χ0) is 20.0. The van der Waals surface area contributed by atoms with Crippen molar-refractivity contribution in [2.45, 2.75) is 20.0 Å². The van der Waals surface area contributed by atoms with Gasteiger partial charge >= 0.3 is 11.7 Å². The number of nitro groups is 1. The lowest BCUT2D eigenvalue weighted by Gasteiger charge is -2.10. The van der Waals surface area contributed by atoms with Crippen LogP contribution >= 0.6 is 0 Å². The zero-order valence-electron chi connectivity index (χ0n) is 14.6. The molecule has 9 heteroatoms. The topological polar surface area (TPSA) is 108 Å². The van der Waals surface area contributed by atoms with Gasteiger partial charge in [0.05, 0.1) is 16.6 Å². The number of rotatable bonds is 7. The molecule has 2 rings (SSSR count). The molecule has 0 radical (unpaired) electrons. The van der Waals surface area contributed by atoms with Gasteiger partial charge < -0.3 is 14.8 Å². The molecule has 0 saturated carbocycles. The zero-order valence-corrected chi connectivity index (χ0v) is 14.6. The third-order valence-electron chi connectivity index (χ3n) is 3.22. The Morgan fingerprint density at radius 1 is 1.19 bits per heavy atom. The minimum Gasteiger partial charge on any atom is -0.477 e. The average molecular weight is 376 g/mol. The quantitative estimate of drug-likeness (QED) is 0.451. The third-order valence-corrected chi connectivity index (χ3v) is 3.22. The molecular weight excluding hydrogens is 359 g/mol. The third kappa shape index (κ3) is 5.77. The van der Waals surface area contributed by atoms with Crippen molar-refractivity contribution in [2.24, 2.45) is 0 Å². The smallest absolute Gasteiger partial charge is 0.338 e. The van der Waals surface area contributed by atoms with Crippen LogP contribution < -0.4 is 10.1 Å². The van der Waals surface area contributed by atoms with E-state index >= 15 is 0 Å². The van der Waals surface area contributed by atoms with Gasteiger partial charge in [0.2, 0.25) is 5.75 Å². The fourth-order valence-corrected chi connectivity index (χ4v) is 2.07. The van der Waals surface area contributed by atoms with Crippen LogP contribution in [0.4, 0.5) is 15.8 Å². The van der Waals surface area contributed by atoms with Gasteiger partial charge in [0.25, 0.3) is 5.91 Å². The van der Waals surface area contributed by atoms with Crippen LogP contribution in [0.15, 0.2) is 42.5 Å². The highest BCUT2D eigenvalue weighted by molar-refractivity contribution is 5.93. The highest BCUT2D eigenvalue weighted by Gasteiger charge is 2.17. The van der Waals surface area contributed by atoms with Crippen LogP contribution in [0.2, 0.25) is 0 Å². The van der Waals surface area contributed by atoms with Gasteiger partial charge in [-0.3, -0.25) is 14.9 Å². The van der Waals surface area contributed by atoms with Crippen LogP contribution in [-0.2, 0) is 9.53 Å². The maximum absolute atomic E-state index is 13.2. The van der Waals surface area contributed by atoms with E-state index in [4.69, 9.17) is 9.47 Å². The first-order valence-electron chi connectivity index (χ1n) is 7.94. The number of benzene rings is 2. The second-order valence-corrected chi connectivity index (χ2v) is 5.74. The van der Waals surface area contributed by atoms with Crippen molar-refractivity contribution in [3.8, 4) is 5.75 Å². The number of carbonyl (C=O) groups is 2. The van der Waals surface area contributed by atoms with Crippen molar-refractivity contribution in [1.82, 2.24) is 0 Å². The summed E-state index contributed by atoms with van der Waals surface area (Å²) in [6.07, 6.45) is -0.249. The molecule has 0 fully saturated rings. The number of nitrogens with zero attached hydrogens (tertiary/aromatic N) is 1. The maximum Gasteiger partial charge on any atom is 0.338 e. The van der Waals surface area contributed by atoms with E-state index in [1.807, 2.05) is 0 Å². The number of anilines is 1. The molecule has 0 bridgehead atoms. The van der Waals surface area contributed by atoms with E-state index in [1.54, 1.807) is 13.8 Å². The minimum atomic E-state index is -0.734. The summed E-state index contributed by atoms with van der Waals surface area (Å²) < 4.78 is 23.3. The molecule has 0 aliphatic carbocycles. The SMILES string of the molecule is CC(C)OC(=O)c1ccc(NC(=O)COc2cc(F)ccc2[N+](=O)[O-])cc1. The van der Waals surface area contributed by atoms with E-state index in [9.17, 15) is 24.1 Å². The average Bonchev–Trinajstić information content (AvgIpc) is 2.59. The van der Waals surface area contributed by atoms with Gasteiger partial charge in [-0.1, -0.05) is 0 Å². The molecule has 0 unspecified atom stereocenters. The predicted molar refractivity (Wildman–Crippen MR) is 94.2 cm³/mol. The first-order valence-corrected chi connectivity index (χ1v) is 7.94. The first-order chi connectivity index (χ1) is 12.8. The van der Waals surface area contributed by atoms with Crippen LogP contribution in [-0.4, -0.2) is 29.5 Å². The number of hydrogen-bond acceptors (Lipinski definition) is 6. The van der Waals surface area contributed by atoms with E-state index in [0.29, 0.717) is 11.3 Å². The molecule has 0 saturated heterocycles. The monoisotopic (exact) mass is 376 g/mol. The Morgan fingerprint density at radius 3 is 2.44 bits per heavy atom. The van der Waals surface area contributed by atoms with E-state index in [2.05, 4.69) is 5.32 Å². The van der Waals surface area contributed by atoms with Gasteiger partial charge in [-0.25, -0.2) is 9.18 Å². The van der Waals surface area contributed by atoms with Gasteiger partial charge in [-0.2, -0.15) is 0 Å². The molecular formula is C18H17FN2O6. The summed E-state index contributed by atoms with van der Waals surface area (Å²) in [6.45, 7) is 2.91. The molecule has 0 aromatic heterocycles. The molecule has 0 atom stereocenters. The normalized spacial score (nSPS) is 10.4. The lowest BCUT2D eigenvalue weighted by Crippen LogP contribution is -2.20. The molecule has 0 aliphatic heterocycles. The molecule has 0 aliphatic rings. The molecule has 142 valence electrons. The number of carbonyl (C=O) groups excluding carboxylic acids is 2. The highest BCUT2D eigenvalue weighted by Crippen LogP contribution is 2.27. The van der Waals surface area contributed by atoms with Gasteiger partial charge in [0, 0.05) is 17.8 Å². The molecule has 8 nitrogen and oxygen atoms in total. The summed E-state index contributed by atoms with van der Waals surface area (Å²) >= 11 is 0. The summed E-state index contributed by atoms with van der Waals surface area (Å²) in [5, 5.41) is 13.4. The predicted octanol–water partition coefficient (Wildman–Crippen LogP) is 3.32. The Bertz CT molecular complexity index is 851. The molecule has 1 amide bonds. The molecule has 27 heavy (non-hydrogen) atoms. The van der Waals surface area contributed by atoms with E-state index in [1.165, 1.54) is 24.3 Å². The summed E-state index contributed by atoms with van der Waals surface area (Å²) in [7, 11) is 0. The van der Waals surface area contributed by atoms with Crippen LogP contribution in [0.3, 0.4) is 0 Å². The van der Waals surface area contributed by atoms with E-state index in [-0.39, 0.29) is 11.9 Å². The van der Waals surface area contributed by atoms with Crippen molar-refractivity contribution in [3.63, 3.8) is 0 Å². The maximum atomic E-state index is 13.2. The number of ether oxygens (including phenoxy) is 2. The van der Waals surface area contributed by atoms with Crippen molar-refractivity contribution in [3.05, 3.63) is 64.0 Å². The van der Waals surface area contributed by atoms with Crippen molar-refractivity contribution >= 4 is 23.3 Å². The number of nitrogens with one attached hydrogen (secondary N) is 1. The van der Waals surface area contributed by atoms with Crippen LogP contribution in [0.1, 0.15) is 24.2 Å².